The Kier molecular flexibility index (Phi) is 6.29. The lowest BCUT2D eigenvalue weighted by atomic mass is 9.92. The Morgan fingerprint density at radius 1 is 1.15 bits per heavy atom. The van der Waals surface area contributed by atoms with Crippen LogP contribution in [0, 0.1) is 12.3 Å². The third kappa shape index (κ3) is 5.46. The van der Waals surface area contributed by atoms with Crippen LogP contribution in [0.15, 0.2) is 58.7 Å². The Morgan fingerprint density at radius 3 is 2.55 bits per heavy atom. The van der Waals surface area contributed by atoms with E-state index in [2.05, 4.69) is 20.4 Å². The number of rotatable bonds is 6. The van der Waals surface area contributed by atoms with E-state index in [0.717, 1.165) is 10.4 Å². The van der Waals surface area contributed by atoms with Crippen LogP contribution >= 0.6 is 11.3 Å². The molecule has 8 heteroatoms. The van der Waals surface area contributed by atoms with Crippen LogP contribution in [0.4, 0.5) is 5.82 Å². The maximum Gasteiger partial charge on any atom is 0.256 e. The third-order valence-electron chi connectivity index (χ3n) is 5.08. The summed E-state index contributed by atoms with van der Waals surface area (Å²) < 4.78 is 1.50. The highest BCUT2D eigenvalue weighted by molar-refractivity contribution is 7.13. The van der Waals surface area contributed by atoms with Crippen molar-refractivity contribution in [3.8, 4) is 16.5 Å². The summed E-state index contributed by atoms with van der Waals surface area (Å²) in [6.07, 6.45) is 0.843. The number of benzene rings is 1. The molecular formula is C25H27N5O2S. The molecule has 4 aromatic rings. The van der Waals surface area contributed by atoms with Gasteiger partial charge in [0.15, 0.2) is 0 Å². The molecule has 7 nitrogen and oxygen atoms in total. The fourth-order valence-corrected chi connectivity index (χ4v) is 4.23. The molecule has 3 heterocycles. The molecule has 0 aliphatic heterocycles. The molecule has 0 saturated carbocycles. The Labute approximate surface area is 196 Å². The standard InChI is InChI=1S/C25H27N5O2S/c1-16-18(13-17-9-6-5-7-10-17)23(32)28-24(26-16)30-21(27-22(31)15-25(2,3)4)14-19(29-30)20-11-8-12-33-20/h5-12,14H,13,15H2,1-4H3,(H,27,31)(H,26,28,32). The first kappa shape index (κ1) is 22.7. The van der Waals surface area contributed by atoms with Crippen molar-refractivity contribution < 1.29 is 4.79 Å². The molecule has 0 fully saturated rings. The molecule has 2 N–H and O–H groups in total. The molecule has 4 rings (SSSR count). The maximum absolute atomic E-state index is 13.0. The number of carbonyl (C=O) groups excluding carboxylic acids is 1. The van der Waals surface area contributed by atoms with Gasteiger partial charge in [0, 0.05) is 24.5 Å². The lowest BCUT2D eigenvalue weighted by Gasteiger charge is -2.17. The van der Waals surface area contributed by atoms with Crippen molar-refractivity contribution in [2.45, 2.75) is 40.5 Å². The van der Waals surface area contributed by atoms with Crippen LogP contribution in [0.5, 0.6) is 0 Å². The van der Waals surface area contributed by atoms with Gasteiger partial charge in [-0.15, -0.1) is 11.3 Å². The molecule has 0 spiro atoms. The molecule has 1 amide bonds. The van der Waals surface area contributed by atoms with Crippen molar-refractivity contribution in [2.24, 2.45) is 5.41 Å². The zero-order chi connectivity index (χ0) is 23.6. The number of H-pyrrole nitrogens is 1. The number of nitrogens with zero attached hydrogens (tertiary/aromatic N) is 3. The van der Waals surface area contributed by atoms with Gasteiger partial charge >= 0.3 is 0 Å². The van der Waals surface area contributed by atoms with Gasteiger partial charge in [-0.05, 0) is 29.3 Å². The molecule has 0 radical (unpaired) electrons. The van der Waals surface area contributed by atoms with Gasteiger partial charge in [0.2, 0.25) is 11.9 Å². The quantitative estimate of drug-likeness (QED) is 0.425. The summed E-state index contributed by atoms with van der Waals surface area (Å²) in [4.78, 5) is 34.1. The summed E-state index contributed by atoms with van der Waals surface area (Å²) >= 11 is 1.55. The van der Waals surface area contributed by atoms with Crippen molar-refractivity contribution in [3.05, 3.63) is 81.1 Å². The van der Waals surface area contributed by atoms with E-state index >= 15 is 0 Å². The lowest BCUT2D eigenvalue weighted by Crippen LogP contribution is -2.24. The fraction of sp³-hybridized carbons (Fsp3) is 0.280. The Hall–Kier alpha value is -3.52. The van der Waals surface area contributed by atoms with Crippen molar-refractivity contribution in [1.29, 1.82) is 0 Å². The first-order chi connectivity index (χ1) is 15.7. The molecule has 0 aliphatic carbocycles. The smallest absolute Gasteiger partial charge is 0.256 e. The molecule has 3 aromatic heterocycles. The number of anilines is 1. The highest BCUT2D eigenvalue weighted by Crippen LogP contribution is 2.28. The third-order valence-corrected chi connectivity index (χ3v) is 5.97. The largest absolute Gasteiger partial charge is 0.310 e. The summed E-state index contributed by atoms with van der Waals surface area (Å²) in [7, 11) is 0. The molecule has 170 valence electrons. The Balaban J connectivity index is 1.72. The highest BCUT2D eigenvalue weighted by Gasteiger charge is 2.21. The normalized spacial score (nSPS) is 11.5. The van der Waals surface area contributed by atoms with Crippen molar-refractivity contribution in [2.75, 3.05) is 5.32 Å². The van der Waals surface area contributed by atoms with Crippen LogP contribution in [0.2, 0.25) is 0 Å². The van der Waals surface area contributed by atoms with Crippen molar-refractivity contribution in [1.82, 2.24) is 19.7 Å². The van der Waals surface area contributed by atoms with Gasteiger partial charge in [-0.2, -0.15) is 9.78 Å². The van der Waals surface area contributed by atoms with E-state index in [1.807, 2.05) is 75.5 Å². The van der Waals surface area contributed by atoms with Crippen molar-refractivity contribution in [3.63, 3.8) is 0 Å². The van der Waals surface area contributed by atoms with Gasteiger partial charge in [0.25, 0.3) is 5.56 Å². The first-order valence-corrected chi connectivity index (χ1v) is 11.7. The number of hydrogen-bond acceptors (Lipinski definition) is 5. The van der Waals surface area contributed by atoms with Gasteiger partial charge in [-0.1, -0.05) is 57.2 Å². The number of aromatic amines is 1. The summed E-state index contributed by atoms with van der Waals surface area (Å²) in [6, 6.07) is 15.5. The molecule has 0 saturated heterocycles. The SMILES string of the molecule is Cc1nc(-n2nc(-c3cccs3)cc2NC(=O)CC(C)(C)C)[nH]c(=O)c1Cc1ccccc1. The Bertz CT molecular complexity index is 1320. The number of aryl methyl sites for hydroxylation is 1. The summed E-state index contributed by atoms with van der Waals surface area (Å²) in [6.45, 7) is 7.84. The average molecular weight is 462 g/mol. The van der Waals surface area contributed by atoms with Crippen LogP contribution < -0.4 is 10.9 Å². The predicted molar refractivity (Wildman–Crippen MR) is 132 cm³/mol. The minimum Gasteiger partial charge on any atom is -0.310 e. The average Bonchev–Trinajstić information content (AvgIpc) is 3.40. The minimum atomic E-state index is -0.221. The van der Waals surface area contributed by atoms with Gasteiger partial charge in [-0.25, -0.2) is 4.98 Å². The highest BCUT2D eigenvalue weighted by atomic mass is 32.1. The zero-order valence-electron chi connectivity index (χ0n) is 19.2. The molecular weight excluding hydrogens is 434 g/mol. The molecule has 0 atom stereocenters. The van der Waals surface area contributed by atoms with Crippen LogP contribution in [-0.2, 0) is 11.2 Å². The lowest BCUT2D eigenvalue weighted by molar-refractivity contribution is -0.117. The first-order valence-electron chi connectivity index (χ1n) is 10.8. The molecule has 33 heavy (non-hydrogen) atoms. The van der Waals surface area contributed by atoms with E-state index < -0.39 is 0 Å². The Morgan fingerprint density at radius 2 is 1.91 bits per heavy atom. The van der Waals surface area contributed by atoms with Crippen LogP contribution in [0.1, 0.15) is 44.0 Å². The number of thiophene rings is 1. The second-order valence-corrected chi connectivity index (χ2v) is 10.2. The predicted octanol–water partition coefficient (Wildman–Crippen LogP) is 4.96. The van der Waals surface area contributed by atoms with Crippen LogP contribution in [-0.4, -0.2) is 25.7 Å². The number of hydrogen-bond donors (Lipinski definition) is 2. The second-order valence-electron chi connectivity index (χ2n) is 9.21. The molecule has 0 bridgehead atoms. The number of aromatic nitrogens is 4. The number of nitrogens with one attached hydrogen (secondary N) is 2. The fourth-order valence-electron chi connectivity index (χ4n) is 3.55. The zero-order valence-corrected chi connectivity index (χ0v) is 20.0. The monoisotopic (exact) mass is 461 g/mol. The second kappa shape index (κ2) is 9.15. The number of amides is 1. The summed E-state index contributed by atoms with van der Waals surface area (Å²) in [5.74, 6) is 0.607. The summed E-state index contributed by atoms with van der Waals surface area (Å²) in [5, 5.41) is 9.56. The van der Waals surface area contributed by atoms with Crippen LogP contribution in [0.25, 0.3) is 16.5 Å². The van der Waals surface area contributed by atoms with Gasteiger partial charge in [0.05, 0.1) is 10.6 Å². The molecule has 0 unspecified atom stereocenters. The van der Waals surface area contributed by atoms with Crippen molar-refractivity contribution >= 4 is 23.1 Å². The maximum atomic E-state index is 13.0. The van der Waals surface area contributed by atoms with Gasteiger partial charge in [0.1, 0.15) is 11.5 Å². The summed E-state index contributed by atoms with van der Waals surface area (Å²) in [5.41, 5.74) is 2.58. The van der Waals surface area contributed by atoms with Gasteiger partial charge < -0.3 is 5.32 Å². The molecule has 1 aromatic carbocycles. The topological polar surface area (TPSA) is 92.7 Å². The van der Waals surface area contributed by atoms with Gasteiger partial charge in [-0.3, -0.25) is 14.6 Å². The van der Waals surface area contributed by atoms with Crippen LogP contribution in [0.3, 0.4) is 0 Å². The van der Waals surface area contributed by atoms with E-state index in [0.29, 0.717) is 35.6 Å². The molecule has 0 aliphatic rings. The van der Waals surface area contributed by atoms with E-state index in [4.69, 9.17) is 0 Å². The van der Waals surface area contributed by atoms with E-state index in [9.17, 15) is 9.59 Å². The van der Waals surface area contributed by atoms with E-state index in [-0.39, 0.29) is 22.8 Å². The van der Waals surface area contributed by atoms with E-state index in [1.54, 1.807) is 17.4 Å². The minimum absolute atomic E-state index is 0.124. The van der Waals surface area contributed by atoms with E-state index in [1.165, 1.54) is 4.68 Å². The number of carbonyl (C=O) groups is 1.